The zero-order chi connectivity index (χ0) is 10.1. The monoisotopic (exact) mass is 216 g/mol. The van der Waals surface area contributed by atoms with E-state index in [-0.39, 0.29) is 24.4 Å². The molecule has 2 aliphatic heterocycles. The van der Waals surface area contributed by atoms with Gasteiger partial charge in [0, 0.05) is 19.0 Å². The van der Waals surface area contributed by atoms with E-state index in [1.54, 1.807) is 9.80 Å². The number of amides is 2. The summed E-state index contributed by atoms with van der Waals surface area (Å²) in [7, 11) is 0. The van der Waals surface area contributed by atoms with E-state index < -0.39 is 0 Å². The number of halogens is 1. The molecule has 1 unspecified atom stereocenters. The van der Waals surface area contributed by atoms with Crippen LogP contribution >= 0.6 is 11.6 Å². The van der Waals surface area contributed by atoms with Gasteiger partial charge in [-0.3, -0.25) is 9.59 Å². The van der Waals surface area contributed by atoms with E-state index >= 15 is 0 Å². The number of carbonyl (C=O) groups excluding carboxylic acids is 2. The quantitative estimate of drug-likeness (QED) is 0.613. The van der Waals surface area contributed by atoms with Crippen LogP contribution in [-0.2, 0) is 9.59 Å². The lowest BCUT2D eigenvalue weighted by Crippen LogP contribution is -2.57. The van der Waals surface area contributed by atoms with Crippen LogP contribution in [0.1, 0.15) is 12.8 Å². The van der Waals surface area contributed by atoms with Crippen LogP contribution in [0, 0.1) is 0 Å². The normalized spacial score (nSPS) is 27.1. The van der Waals surface area contributed by atoms with Crippen molar-refractivity contribution >= 4 is 23.4 Å². The molecule has 2 amide bonds. The first-order chi connectivity index (χ1) is 6.74. The Balaban J connectivity index is 2.12. The van der Waals surface area contributed by atoms with Crippen LogP contribution in [0.4, 0.5) is 0 Å². The fraction of sp³-hybridized carbons (Fsp3) is 0.778. The Morgan fingerprint density at radius 1 is 1.43 bits per heavy atom. The summed E-state index contributed by atoms with van der Waals surface area (Å²) in [4.78, 5) is 26.7. The molecule has 14 heavy (non-hydrogen) atoms. The van der Waals surface area contributed by atoms with Crippen LogP contribution in [0.15, 0.2) is 0 Å². The van der Waals surface area contributed by atoms with Gasteiger partial charge in [-0.25, -0.2) is 0 Å². The number of piperazine rings is 1. The first-order valence-electron chi connectivity index (χ1n) is 4.88. The molecule has 2 fully saturated rings. The topological polar surface area (TPSA) is 40.6 Å². The van der Waals surface area contributed by atoms with Crippen molar-refractivity contribution in [1.29, 1.82) is 0 Å². The molecule has 2 heterocycles. The highest BCUT2D eigenvalue weighted by atomic mass is 35.5. The number of nitrogens with zero attached hydrogens (tertiary/aromatic N) is 2. The predicted molar refractivity (Wildman–Crippen MR) is 52.0 cm³/mol. The fourth-order valence-corrected chi connectivity index (χ4v) is 2.36. The summed E-state index contributed by atoms with van der Waals surface area (Å²) in [6.45, 7) is 1.43. The number of hydrogen-bond acceptors (Lipinski definition) is 2. The maximum atomic E-state index is 11.8. The number of carbonyl (C=O) groups is 2. The van der Waals surface area contributed by atoms with Crippen LogP contribution in [0.25, 0.3) is 0 Å². The van der Waals surface area contributed by atoms with Gasteiger partial charge in [-0.1, -0.05) is 0 Å². The Bertz CT molecular complexity index is 270. The number of fused-ring (bicyclic) bond motifs is 1. The van der Waals surface area contributed by atoms with Gasteiger partial charge in [0.2, 0.25) is 11.8 Å². The lowest BCUT2D eigenvalue weighted by molar-refractivity contribution is -0.153. The van der Waals surface area contributed by atoms with Crippen molar-refractivity contribution in [3.63, 3.8) is 0 Å². The van der Waals surface area contributed by atoms with Gasteiger partial charge in [0.15, 0.2) is 0 Å². The molecule has 0 aromatic carbocycles. The molecule has 0 spiro atoms. The molecule has 2 saturated heterocycles. The van der Waals surface area contributed by atoms with E-state index in [0.717, 1.165) is 19.4 Å². The molecular formula is C9H13ClN2O2. The minimum atomic E-state index is -0.195. The number of rotatable bonds is 2. The summed E-state index contributed by atoms with van der Waals surface area (Å²) in [5.74, 6) is 0.533. The third-order valence-corrected chi connectivity index (χ3v) is 3.02. The lowest BCUT2D eigenvalue weighted by Gasteiger charge is -2.36. The van der Waals surface area contributed by atoms with Crippen LogP contribution in [0.5, 0.6) is 0 Å². The standard InChI is InChI=1S/C9H13ClN2O2/c10-3-5-11-6-8(13)12-4-1-2-7(12)9(11)14/h7H,1-6H2. The molecule has 78 valence electrons. The molecule has 2 rings (SSSR count). The molecule has 0 N–H and O–H groups in total. The van der Waals surface area contributed by atoms with Gasteiger partial charge in [0.25, 0.3) is 0 Å². The summed E-state index contributed by atoms with van der Waals surface area (Å²) < 4.78 is 0. The van der Waals surface area contributed by atoms with Gasteiger partial charge in [-0.15, -0.1) is 11.6 Å². The third kappa shape index (κ3) is 1.47. The summed E-state index contributed by atoms with van der Waals surface area (Å²) in [5.41, 5.74) is 0. The summed E-state index contributed by atoms with van der Waals surface area (Å²) in [6.07, 6.45) is 1.75. The molecule has 1 atom stereocenters. The summed E-state index contributed by atoms with van der Waals surface area (Å²) >= 11 is 5.57. The smallest absolute Gasteiger partial charge is 0.245 e. The lowest BCUT2D eigenvalue weighted by atomic mass is 10.1. The van der Waals surface area contributed by atoms with Crippen LogP contribution in [0.2, 0.25) is 0 Å². The van der Waals surface area contributed by atoms with E-state index in [1.807, 2.05) is 0 Å². The van der Waals surface area contributed by atoms with E-state index in [0.29, 0.717) is 12.4 Å². The van der Waals surface area contributed by atoms with Crippen LogP contribution in [-0.4, -0.2) is 53.2 Å². The maximum Gasteiger partial charge on any atom is 0.245 e. The molecular weight excluding hydrogens is 204 g/mol. The number of alkyl halides is 1. The Kier molecular flexibility index (Phi) is 2.63. The summed E-state index contributed by atoms with van der Waals surface area (Å²) in [5, 5.41) is 0. The van der Waals surface area contributed by atoms with E-state index in [2.05, 4.69) is 0 Å². The van der Waals surface area contributed by atoms with Crippen molar-refractivity contribution in [3.8, 4) is 0 Å². The Morgan fingerprint density at radius 2 is 2.21 bits per heavy atom. The molecule has 0 aromatic rings. The molecule has 2 aliphatic rings. The maximum absolute atomic E-state index is 11.8. The van der Waals surface area contributed by atoms with E-state index in [9.17, 15) is 9.59 Å². The SMILES string of the molecule is O=C1C2CCCN2C(=O)CN1CCCl. The first-order valence-corrected chi connectivity index (χ1v) is 5.41. The van der Waals surface area contributed by atoms with Crippen LogP contribution in [0.3, 0.4) is 0 Å². The van der Waals surface area contributed by atoms with Crippen molar-refractivity contribution in [1.82, 2.24) is 9.80 Å². The second-order valence-electron chi connectivity index (χ2n) is 3.69. The van der Waals surface area contributed by atoms with Crippen molar-refractivity contribution in [3.05, 3.63) is 0 Å². The second-order valence-corrected chi connectivity index (χ2v) is 4.07. The second kappa shape index (κ2) is 3.77. The fourth-order valence-electron chi connectivity index (χ4n) is 2.16. The Labute approximate surface area is 87.8 Å². The Hall–Kier alpha value is -0.770. The average Bonchev–Trinajstić information content (AvgIpc) is 2.63. The molecule has 5 heteroatoms. The van der Waals surface area contributed by atoms with Gasteiger partial charge in [0.1, 0.15) is 6.04 Å². The summed E-state index contributed by atoms with van der Waals surface area (Å²) in [6, 6.07) is -0.195. The molecule has 0 radical (unpaired) electrons. The molecule has 4 nitrogen and oxygen atoms in total. The minimum absolute atomic E-state index is 0.0669. The first kappa shape index (κ1) is 9.77. The average molecular weight is 217 g/mol. The highest BCUT2D eigenvalue weighted by Gasteiger charge is 2.41. The van der Waals surface area contributed by atoms with Crippen molar-refractivity contribution in [2.24, 2.45) is 0 Å². The minimum Gasteiger partial charge on any atom is -0.330 e. The van der Waals surface area contributed by atoms with Gasteiger partial charge in [-0.2, -0.15) is 0 Å². The number of hydrogen-bond donors (Lipinski definition) is 0. The van der Waals surface area contributed by atoms with Gasteiger partial charge in [-0.05, 0) is 12.8 Å². The highest BCUT2D eigenvalue weighted by molar-refractivity contribution is 6.18. The molecule has 0 aromatic heterocycles. The predicted octanol–water partition coefficient (Wildman–Crippen LogP) is 0.0584. The van der Waals surface area contributed by atoms with Crippen molar-refractivity contribution in [2.75, 3.05) is 25.5 Å². The van der Waals surface area contributed by atoms with E-state index in [1.165, 1.54) is 0 Å². The zero-order valence-corrected chi connectivity index (χ0v) is 8.66. The van der Waals surface area contributed by atoms with Gasteiger partial charge < -0.3 is 9.80 Å². The van der Waals surface area contributed by atoms with Gasteiger partial charge >= 0.3 is 0 Å². The van der Waals surface area contributed by atoms with Crippen molar-refractivity contribution < 1.29 is 9.59 Å². The largest absolute Gasteiger partial charge is 0.330 e. The molecule has 0 bridgehead atoms. The Morgan fingerprint density at radius 3 is 2.93 bits per heavy atom. The highest BCUT2D eigenvalue weighted by Crippen LogP contribution is 2.23. The molecule has 0 aliphatic carbocycles. The van der Waals surface area contributed by atoms with Gasteiger partial charge in [0.05, 0.1) is 6.54 Å². The van der Waals surface area contributed by atoms with Crippen molar-refractivity contribution in [2.45, 2.75) is 18.9 Å². The van der Waals surface area contributed by atoms with Crippen LogP contribution < -0.4 is 0 Å². The van der Waals surface area contributed by atoms with E-state index in [4.69, 9.17) is 11.6 Å². The molecule has 0 saturated carbocycles. The third-order valence-electron chi connectivity index (χ3n) is 2.85. The zero-order valence-electron chi connectivity index (χ0n) is 7.91.